The highest BCUT2D eigenvalue weighted by atomic mass is 32.1. The van der Waals surface area contributed by atoms with Crippen LogP contribution in [0.2, 0.25) is 0 Å². The lowest BCUT2D eigenvalue weighted by Gasteiger charge is -2.37. The van der Waals surface area contributed by atoms with Gasteiger partial charge < -0.3 is 5.73 Å². The Kier molecular flexibility index (Phi) is 7.21. The van der Waals surface area contributed by atoms with Crippen molar-refractivity contribution < 1.29 is 0 Å². The lowest BCUT2D eigenvalue weighted by atomic mass is 10.00. The molecule has 0 spiro atoms. The van der Waals surface area contributed by atoms with Crippen LogP contribution in [0.1, 0.15) is 56.8 Å². The predicted molar refractivity (Wildman–Crippen MR) is 91.3 cm³/mol. The number of hydrogen-bond acceptors (Lipinski definition) is 3. The maximum absolute atomic E-state index is 6.48. The summed E-state index contributed by atoms with van der Waals surface area (Å²) in [6, 6.07) is 5.07. The molecule has 116 valence electrons. The van der Waals surface area contributed by atoms with Gasteiger partial charge in [-0.25, -0.2) is 0 Å². The standard InChI is InChI=1S/C17H32N2S/c1-7-15(18)17(16-9-8-14(6)20-16)19(10-12(2)3)11-13(4)5/h8-9,12-13,15,17H,7,10-11,18H2,1-6H3. The Labute approximate surface area is 129 Å². The molecule has 1 heterocycles. The van der Waals surface area contributed by atoms with Gasteiger partial charge in [-0.2, -0.15) is 0 Å². The minimum absolute atomic E-state index is 0.213. The van der Waals surface area contributed by atoms with Gasteiger partial charge in [-0.1, -0.05) is 34.6 Å². The highest BCUT2D eigenvalue weighted by molar-refractivity contribution is 7.12. The van der Waals surface area contributed by atoms with E-state index in [0.29, 0.717) is 17.9 Å². The van der Waals surface area contributed by atoms with Crippen molar-refractivity contribution in [3.05, 3.63) is 21.9 Å². The van der Waals surface area contributed by atoms with Crippen LogP contribution in [-0.4, -0.2) is 24.0 Å². The van der Waals surface area contributed by atoms with Crippen LogP contribution in [0.5, 0.6) is 0 Å². The van der Waals surface area contributed by atoms with Crippen molar-refractivity contribution in [2.75, 3.05) is 13.1 Å². The molecule has 0 aromatic carbocycles. The van der Waals surface area contributed by atoms with Crippen LogP contribution in [0.15, 0.2) is 12.1 Å². The fourth-order valence-corrected chi connectivity index (χ4v) is 3.83. The van der Waals surface area contributed by atoms with Crippen molar-refractivity contribution in [3.63, 3.8) is 0 Å². The molecule has 0 radical (unpaired) electrons. The van der Waals surface area contributed by atoms with Crippen molar-refractivity contribution in [2.45, 2.75) is 60.0 Å². The fourth-order valence-electron chi connectivity index (χ4n) is 2.74. The molecule has 0 fully saturated rings. The number of nitrogens with zero attached hydrogens (tertiary/aromatic N) is 1. The van der Waals surface area contributed by atoms with E-state index in [1.54, 1.807) is 0 Å². The van der Waals surface area contributed by atoms with E-state index < -0.39 is 0 Å². The van der Waals surface area contributed by atoms with E-state index in [0.717, 1.165) is 19.5 Å². The Morgan fingerprint density at radius 3 is 2.00 bits per heavy atom. The first-order chi connectivity index (χ1) is 9.35. The molecule has 1 rings (SSSR count). The van der Waals surface area contributed by atoms with Gasteiger partial charge in [0.25, 0.3) is 0 Å². The van der Waals surface area contributed by atoms with Crippen molar-refractivity contribution in [1.29, 1.82) is 0 Å². The third-order valence-corrected chi connectivity index (χ3v) is 4.59. The normalized spacial score (nSPS) is 15.3. The molecule has 2 N–H and O–H groups in total. The quantitative estimate of drug-likeness (QED) is 0.768. The van der Waals surface area contributed by atoms with Crippen molar-refractivity contribution in [3.8, 4) is 0 Å². The Morgan fingerprint density at radius 2 is 1.65 bits per heavy atom. The molecule has 2 atom stereocenters. The van der Waals surface area contributed by atoms with Crippen LogP contribution < -0.4 is 5.73 Å². The zero-order valence-electron chi connectivity index (χ0n) is 14.0. The molecule has 20 heavy (non-hydrogen) atoms. The number of hydrogen-bond donors (Lipinski definition) is 1. The van der Waals surface area contributed by atoms with E-state index in [2.05, 4.69) is 58.6 Å². The second-order valence-electron chi connectivity index (χ2n) is 6.71. The van der Waals surface area contributed by atoms with Gasteiger partial charge in [0.15, 0.2) is 0 Å². The number of rotatable bonds is 8. The summed E-state index contributed by atoms with van der Waals surface area (Å²) in [6.45, 7) is 15.8. The van der Waals surface area contributed by atoms with Gasteiger partial charge in [0.2, 0.25) is 0 Å². The second-order valence-corrected chi connectivity index (χ2v) is 8.03. The van der Waals surface area contributed by atoms with E-state index in [1.807, 2.05) is 11.3 Å². The smallest absolute Gasteiger partial charge is 0.0593 e. The van der Waals surface area contributed by atoms with Gasteiger partial charge in [0.05, 0.1) is 6.04 Å². The lowest BCUT2D eigenvalue weighted by molar-refractivity contribution is 0.136. The molecule has 1 aromatic rings. The third-order valence-electron chi connectivity index (χ3n) is 3.52. The highest BCUT2D eigenvalue weighted by Crippen LogP contribution is 2.32. The highest BCUT2D eigenvalue weighted by Gasteiger charge is 2.27. The van der Waals surface area contributed by atoms with Crippen LogP contribution in [-0.2, 0) is 0 Å². The Morgan fingerprint density at radius 1 is 1.10 bits per heavy atom. The minimum Gasteiger partial charge on any atom is -0.326 e. The van der Waals surface area contributed by atoms with E-state index in [1.165, 1.54) is 9.75 Å². The molecule has 0 aliphatic carbocycles. The first-order valence-corrected chi connectivity index (χ1v) is 8.72. The summed E-state index contributed by atoms with van der Waals surface area (Å²) in [5.41, 5.74) is 6.48. The summed E-state index contributed by atoms with van der Waals surface area (Å²) in [7, 11) is 0. The first kappa shape index (κ1) is 17.7. The maximum atomic E-state index is 6.48. The zero-order chi connectivity index (χ0) is 15.3. The van der Waals surface area contributed by atoms with Crippen LogP contribution >= 0.6 is 11.3 Å². The number of aryl methyl sites for hydroxylation is 1. The van der Waals surface area contributed by atoms with Gasteiger partial charge in [-0.15, -0.1) is 11.3 Å². The summed E-state index contributed by atoms with van der Waals surface area (Å²) in [4.78, 5) is 5.41. The first-order valence-electron chi connectivity index (χ1n) is 7.91. The predicted octanol–water partition coefficient (Wildman–Crippen LogP) is 4.45. The van der Waals surface area contributed by atoms with Gasteiger partial charge in [-0.3, -0.25) is 4.90 Å². The molecule has 2 unspecified atom stereocenters. The summed E-state index contributed by atoms with van der Waals surface area (Å²) in [6.07, 6.45) is 1.02. The minimum atomic E-state index is 0.213. The molecule has 2 nitrogen and oxygen atoms in total. The molecule has 0 saturated heterocycles. The average Bonchev–Trinajstić information content (AvgIpc) is 2.74. The Hall–Kier alpha value is -0.380. The van der Waals surface area contributed by atoms with E-state index >= 15 is 0 Å². The van der Waals surface area contributed by atoms with Crippen LogP contribution in [0.3, 0.4) is 0 Å². The summed E-state index contributed by atoms with van der Waals surface area (Å²) >= 11 is 1.90. The number of thiophene rings is 1. The molecule has 0 saturated carbocycles. The molecule has 0 aliphatic heterocycles. The summed E-state index contributed by atoms with van der Waals surface area (Å²) in [5, 5.41) is 0. The molecule has 1 aromatic heterocycles. The van der Waals surface area contributed by atoms with E-state index in [9.17, 15) is 0 Å². The molecule has 0 aliphatic rings. The summed E-state index contributed by atoms with van der Waals surface area (Å²) < 4.78 is 0. The van der Waals surface area contributed by atoms with Crippen LogP contribution in [0, 0.1) is 18.8 Å². The van der Waals surface area contributed by atoms with Gasteiger partial charge >= 0.3 is 0 Å². The monoisotopic (exact) mass is 296 g/mol. The zero-order valence-corrected chi connectivity index (χ0v) is 14.8. The lowest BCUT2D eigenvalue weighted by Crippen LogP contribution is -2.43. The van der Waals surface area contributed by atoms with E-state index in [4.69, 9.17) is 5.73 Å². The van der Waals surface area contributed by atoms with E-state index in [-0.39, 0.29) is 6.04 Å². The van der Waals surface area contributed by atoms with Crippen LogP contribution in [0.4, 0.5) is 0 Å². The second kappa shape index (κ2) is 8.16. The van der Waals surface area contributed by atoms with Crippen molar-refractivity contribution in [2.24, 2.45) is 17.6 Å². The van der Waals surface area contributed by atoms with Crippen molar-refractivity contribution in [1.82, 2.24) is 4.90 Å². The van der Waals surface area contributed by atoms with Gasteiger partial charge in [0.1, 0.15) is 0 Å². The molecular weight excluding hydrogens is 264 g/mol. The van der Waals surface area contributed by atoms with Crippen LogP contribution in [0.25, 0.3) is 0 Å². The van der Waals surface area contributed by atoms with Crippen molar-refractivity contribution >= 4 is 11.3 Å². The molecule has 3 heteroatoms. The molecule has 0 amide bonds. The molecule has 0 bridgehead atoms. The number of nitrogens with two attached hydrogens (primary N) is 1. The fraction of sp³-hybridized carbons (Fsp3) is 0.765. The van der Waals surface area contributed by atoms with Gasteiger partial charge in [-0.05, 0) is 37.3 Å². The average molecular weight is 297 g/mol. The molecular formula is C17H32N2S. The Balaban J connectivity index is 3.03. The SMILES string of the molecule is CCC(N)C(c1ccc(C)s1)N(CC(C)C)CC(C)C. The largest absolute Gasteiger partial charge is 0.326 e. The third kappa shape index (κ3) is 5.19. The Bertz CT molecular complexity index is 374. The summed E-state index contributed by atoms with van der Waals surface area (Å²) in [5.74, 6) is 1.34. The van der Waals surface area contributed by atoms with Gasteiger partial charge in [0, 0.05) is 28.9 Å². The maximum Gasteiger partial charge on any atom is 0.0593 e. The topological polar surface area (TPSA) is 29.3 Å².